The van der Waals surface area contributed by atoms with Crippen molar-refractivity contribution in [3.05, 3.63) is 86.3 Å². The molecule has 1 saturated carbocycles. The van der Waals surface area contributed by atoms with E-state index in [1.54, 1.807) is 52.6 Å². The topological polar surface area (TPSA) is 57.7 Å². The number of carbonyl (C=O) groups is 1. The Kier molecular flexibility index (Phi) is 7.33. The molecule has 4 rings (SSSR count). The summed E-state index contributed by atoms with van der Waals surface area (Å²) in [5.41, 5.74) is 1.87. The second kappa shape index (κ2) is 10.0. The van der Waals surface area contributed by atoms with Gasteiger partial charge in [-0.25, -0.2) is 12.8 Å². The third-order valence-corrected chi connectivity index (χ3v) is 9.06. The van der Waals surface area contributed by atoms with E-state index in [9.17, 15) is 17.6 Å². The van der Waals surface area contributed by atoms with Gasteiger partial charge in [-0.2, -0.15) is 4.31 Å². The molecule has 0 saturated heterocycles. The van der Waals surface area contributed by atoms with E-state index >= 15 is 0 Å². The van der Waals surface area contributed by atoms with Crippen molar-refractivity contribution in [1.82, 2.24) is 9.21 Å². The van der Waals surface area contributed by atoms with Crippen LogP contribution in [0, 0.1) is 12.7 Å². The van der Waals surface area contributed by atoms with Crippen molar-refractivity contribution in [3.8, 4) is 0 Å². The lowest BCUT2D eigenvalue weighted by Gasteiger charge is -2.27. The van der Waals surface area contributed by atoms with Crippen molar-refractivity contribution in [2.75, 3.05) is 6.54 Å². The quantitative estimate of drug-likeness (QED) is 0.361. The van der Waals surface area contributed by atoms with Crippen LogP contribution in [0.25, 0.3) is 0 Å². The number of benzene rings is 2. The highest BCUT2D eigenvalue weighted by atomic mass is 79.9. The van der Waals surface area contributed by atoms with Crippen LogP contribution in [0.2, 0.25) is 0 Å². The minimum absolute atomic E-state index is 0.168. The normalized spacial score (nSPS) is 13.9. The minimum Gasteiger partial charge on any atom is -0.332 e. The smallest absolute Gasteiger partial charge is 0.243 e. The number of hydrogen-bond acceptors (Lipinski definition) is 4. The number of thiophene rings is 1. The van der Waals surface area contributed by atoms with Gasteiger partial charge in [-0.05, 0) is 78.7 Å². The molecule has 3 aromatic rings. The average molecular weight is 552 g/mol. The molecule has 9 heteroatoms. The van der Waals surface area contributed by atoms with Crippen LogP contribution in [0.5, 0.6) is 0 Å². The summed E-state index contributed by atoms with van der Waals surface area (Å²) in [5, 5.41) is 1.97. The SMILES string of the molecule is Cc1ccsc1CN(Cc1ccc(F)cc1)C(=O)CN(C1CC1)S(=O)(=O)c1ccc(Br)cc1. The van der Waals surface area contributed by atoms with E-state index in [1.165, 1.54) is 16.4 Å². The molecule has 1 aromatic heterocycles. The first-order chi connectivity index (χ1) is 15.7. The molecule has 0 radical (unpaired) electrons. The van der Waals surface area contributed by atoms with Gasteiger partial charge in [0.15, 0.2) is 0 Å². The monoisotopic (exact) mass is 550 g/mol. The summed E-state index contributed by atoms with van der Waals surface area (Å²) in [6.07, 6.45) is 1.48. The minimum atomic E-state index is -3.81. The van der Waals surface area contributed by atoms with Gasteiger partial charge in [0.2, 0.25) is 15.9 Å². The lowest BCUT2D eigenvalue weighted by atomic mass is 10.2. The molecule has 1 fully saturated rings. The summed E-state index contributed by atoms with van der Waals surface area (Å²) in [6, 6.07) is 14.3. The molecule has 174 valence electrons. The molecule has 0 bridgehead atoms. The molecular weight excluding hydrogens is 527 g/mol. The molecule has 1 heterocycles. The zero-order valence-electron chi connectivity index (χ0n) is 18.1. The van der Waals surface area contributed by atoms with Crippen molar-refractivity contribution in [3.63, 3.8) is 0 Å². The lowest BCUT2D eigenvalue weighted by Crippen LogP contribution is -2.43. The standard InChI is InChI=1S/C24H24BrFN2O3S2/c1-17-12-13-32-23(17)15-27(14-18-2-6-20(26)7-3-18)24(29)16-28(21-8-9-21)33(30,31)22-10-4-19(25)5-11-22/h2-7,10-13,21H,8-9,14-16H2,1H3. The zero-order chi connectivity index (χ0) is 23.6. The Morgan fingerprint density at radius 1 is 1.06 bits per heavy atom. The third-order valence-electron chi connectivity index (χ3n) is 5.61. The van der Waals surface area contributed by atoms with Gasteiger partial charge >= 0.3 is 0 Å². The van der Waals surface area contributed by atoms with E-state index in [0.717, 1.165) is 33.3 Å². The first kappa shape index (κ1) is 24.1. The van der Waals surface area contributed by atoms with Gasteiger partial charge in [0, 0.05) is 21.9 Å². The molecular formula is C24H24BrFN2O3S2. The Morgan fingerprint density at radius 3 is 2.30 bits per heavy atom. The average Bonchev–Trinajstić information content (AvgIpc) is 3.55. The molecule has 1 aliphatic rings. The molecule has 0 atom stereocenters. The Morgan fingerprint density at radius 2 is 1.73 bits per heavy atom. The predicted molar refractivity (Wildman–Crippen MR) is 131 cm³/mol. The highest BCUT2D eigenvalue weighted by Crippen LogP contribution is 2.32. The molecule has 0 aliphatic heterocycles. The first-order valence-corrected chi connectivity index (χ1v) is 13.7. The van der Waals surface area contributed by atoms with Crippen LogP contribution in [-0.2, 0) is 27.9 Å². The number of halogens is 2. The van der Waals surface area contributed by atoms with E-state index < -0.39 is 10.0 Å². The molecule has 2 aromatic carbocycles. The Bertz CT molecular complexity index is 1220. The summed E-state index contributed by atoms with van der Waals surface area (Å²) in [4.78, 5) is 16.3. The number of rotatable bonds is 9. The molecule has 5 nitrogen and oxygen atoms in total. The van der Waals surface area contributed by atoms with Gasteiger partial charge in [0.05, 0.1) is 18.0 Å². The van der Waals surface area contributed by atoms with Crippen LogP contribution >= 0.6 is 27.3 Å². The largest absolute Gasteiger partial charge is 0.332 e. The second-order valence-electron chi connectivity index (χ2n) is 8.14. The number of carbonyl (C=O) groups excluding carboxylic acids is 1. The zero-order valence-corrected chi connectivity index (χ0v) is 21.3. The fourth-order valence-corrected chi connectivity index (χ4v) is 6.35. The van der Waals surface area contributed by atoms with Crippen molar-refractivity contribution < 1.29 is 17.6 Å². The molecule has 1 aliphatic carbocycles. The predicted octanol–water partition coefficient (Wildman–Crippen LogP) is 5.34. The second-order valence-corrected chi connectivity index (χ2v) is 11.9. The number of nitrogens with zero attached hydrogens (tertiary/aromatic N) is 2. The first-order valence-electron chi connectivity index (χ1n) is 10.6. The van der Waals surface area contributed by atoms with Gasteiger partial charge in [-0.1, -0.05) is 28.1 Å². The van der Waals surface area contributed by atoms with Crippen LogP contribution < -0.4 is 0 Å². The summed E-state index contributed by atoms with van der Waals surface area (Å²) in [5.74, 6) is -0.620. The van der Waals surface area contributed by atoms with E-state index in [-0.39, 0.29) is 35.8 Å². The van der Waals surface area contributed by atoms with Gasteiger partial charge in [0.25, 0.3) is 0 Å². The Labute approximate surface area is 206 Å². The lowest BCUT2D eigenvalue weighted by molar-refractivity contribution is -0.132. The van der Waals surface area contributed by atoms with Crippen molar-refractivity contribution in [2.45, 2.75) is 43.8 Å². The van der Waals surface area contributed by atoms with Crippen LogP contribution in [0.4, 0.5) is 4.39 Å². The highest BCUT2D eigenvalue weighted by molar-refractivity contribution is 9.10. The van der Waals surface area contributed by atoms with E-state index in [2.05, 4.69) is 15.9 Å². The van der Waals surface area contributed by atoms with E-state index in [0.29, 0.717) is 6.54 Å². The molecule has 0 unspecified atom stereocenters. The molecule has 0 spiro atoms. The van der Waals surface area contributed by atoms with Gasteiger partial charge in [-0.15, -0.1) is 11.3 Å². The van der Waals surface area contributed by atoms with Crippen LogP contribution in [-0.4, -0.2) is 36.1 Å². The van der Waals surface area contributed by atoms with E-state index in [1.807, 2.05) is 18.4 Å². The number of sulfonamides is 1. The summed E-state index contributed by atoms with van der Waals surface area (Å²) in [7, 11) is -3.81. The number of hydrogen-bond donors (Lipinski definition) is 0. The third kappa shape index (κ3) is 5.90. The molecule has 1 amide bonds. The number of amides is 1. The highest BCUT2D eigenvalue weighted by Gasteiger charge is 2.40. The van der Waals surface area contributed by atoms with Crippen LogP contribution in [0.1, 0.15) is 28.8 Å². The maximum Gasteiger partial charge on any atom is 0.243 e. The maximum atomic E-state index is 13.5. The summed E-state index contributed by atoms with van der Waals surface area (Å²) >= 11 is 4.89. The van der Waals surface area contributed by atoms with Crippen molar-refractivity contribution >= 4 is 43.2 Å². The van der Waals surface area contributed by atoms with Gasteiger partial charge in [-0.3, -0.25) is 4.79 Å². The van der Waals surface area contributed by atoms with Crippen molar-refractivity contribution in [1.29, 1.82) is 0 Å². The van der Waals surface area contributed by atoms with Crippen LogP contribution in [0.15, 0.2) is 69.3 Å². The molecule has 33 heavy (non-hydrogen) atoms. The summed E-state index contributed by atoms with van der Waals surface area (Å²) < 4.78 is 42.2. The number of aryl methyl sites for hydroxylation is 1. The fraction of sp³-hybridized carbons (Fsp3) is 0.292. The Balaban J connectivity index is 1.59. The van der Waals surface area contributed by atoms with Crippen LogP contribution in [0.3, 0.4) is 0 Å². The Hall–Kier alpha value is -2.07. The molecule has 0 N–H and O–H groups in total. The van der Waals surface area contributed by atoms with Gasteiger partial charge < -0.3 is 4.90 Å². The summed E-state index contributed by atoms with van der Waals surface area (Å²) in [6.45, 7) is 2.40. The van der Waals surface area contributed by atoms with Crippen molar-refractivity contribution in [2.24, 2.45) is 0 Å². The fourth-order valence-electron chi connectivity index (χ4n) is 3.53. The van der Waals surface area contributed by atoms with E-state index in [4.69, 9.17) is 0 Å². The maximum absolute atomic E-state index is 13.5. The van der Waals surface area contributed by atoms with Gasteiger partial charge in [0.1, 0.15) is 5.82 Å².